The molecular weight excluding hydrogens is 242 g/mol. The molecule has 0 heterocycles. The molecule has 2 aromatic rings. The summed E-state index contributed by atoms with van der Waals surface area (Å²) in [5.74, 6) is -0.848. The highest BCUT2D eigenvalue weighted by Gasteiger charge is 2.02. The van der Waals surface area contributed by atoms with Crippen LogP contribution in [0.15, 0.2) is 47.5 Å². The minimum absolute atomic E-state index is 0.142. The van der Waals surface area contributed by atoms with Gasteiger partial charge in [-0.25, -0.2) is 4.79 Å². The molecule has 0 saturated heterocycles. The van der Waals surface area contributed by atoms with Crippen molar-refractivity contribution in [2.24, 2.45) is 4.99 Å². The zero-order valence-corrected chi connectivity index (χ0v) is 10.4. The minimum Gasteiger partial charge on any atom is -0.507 e. The molecule has 0 fully saturated rings. The second kappa shape index (κ2) is 5.35. The number of phenolic OH excluding ortho intramolecular Hbond substituents is 1. The molecule has 2 aromatic carbocycles. The molecule has 19 heavy (non-hydrogen) atoms. The Morgan fingerprint density at radius 3 is 2.74 bits per heavy atom. The number of carboxylic acids is 1. The summed E-state index contributed by atoms with van der Waals surface area (Å²) >= 11 is 0. The summed E-state index contributed by atoms with van der Waals surface area (Å²) in [6.45, 7) is 1.92. The second-order valence-corrected chi connectivity index (χ2v) is 4.18. The average Bonchev–Trinajstić information content (AvgIpc) is 2.40. The first-order valence-corrected chi connectivity index (χ1v) is 5.73. The molecule has 2 N–H and O–H groups in total. The Balaban J connectivity index is 2.30. The van der Waals surface area contributed by atoms with Crippen LogP contribution in [0.5, 0.6) is 5.75 Å². The zero-order valence-electron chi connectivity index (χ0n) is 10.4. The molecule has 0 bridgehead atoms. The number of rotatable bonds is 3. The van der Waals surface area contributed by atoms with Gasteiger partial charge in [0.2, 0.25) is 0 Å². The summed E-state index contributed by atoms with van der Waals surface area (Å²) in [4.78, 5) is 15.0. The molecule has 0 aromatic heterocycles. The molecule has 0 unspecified atom stereocenters. The van der Waals surface area contributed by atoms with E-state index in [1.54, 1.807) is 30.3 Å². The number of nitrogens with zero attached hydrogens (tertiary/aromatic N) is 1. The zero-order chi connectivity index (χ0) is 13.8. The van der Waals surface area contributed by atoms with Crippen LogP contribution < -0.4 is 0 Å². The molecule has 0 aliphatic heterocycles. The fourth-order valence-electron chi connectivity index (χ4n) is 1.64. The van der Waals surface area contributed by atoms with E-state index in [1.807, 2.05) is 6.92 Å². The molecule has 0 spiro atoms. The van der Waals surface area contributed by atoms with Crippen LogP contribution in [-0.4, -0.2) is 22.4 Å². The van der Waals surface area contributed by atoms with Gasteiger partial charge in [0, 0.05) is 11.8 Å². The van der Waals surface area contributed by atoms with Gasteiger partial charge in [0.15, 0.2) is 0 Å². The third kappa shape index (κ3) is 3.19. The number of aryl methyl sites for hydroxylation is 1. The van der Waals surface area contributed by atoms with E-state index in [1.165, 1.54) is 18.3 Å². The Kier molecular flexibility index (Phi) is 3.61. The maximum absolute atomic E-state index is 10.8. The Bertz CT molecular complexity index is 648. The SMILES string of the molecule is Cc1ccc(O)c(C=Nc2cccc(C(=O)O)c2)c1. The van der Waals surface area contributed by atoms with Crippen molar-refractivity contribution in [2.45, 2.75) is 6.92 Å². The highest BCUT2D eigenvalue weighted by atomic mass is 16.4. The largest absolute Gasteiger partial charge is 0.507 e. The van der Waals surface area contributed by atoms with Crippen molar-refractivity contribution in [3.8, 4) is 5.75 Å². The van der Waals surface area contributed by atoms with E-state index in [4.69, 9.17) is 5.11 Å². The number of aliphatic imine (C=N–C) groups is 1. The van der Waals surface area contributed by atoms with Crippen molar-refractivity contribution in [3.63, 3.8) is 0 Å². The maximum atomic E-state index is 10.8. The molecule has 4 heteroatoms. The van der Waals surface area contributed by atoms with Crippen LogP contribution in [0.4, 0.5) is 5.69 Å². The lowest BCUT2D eigenvalue weighted by atomic mass is 10.1. The summed E-state index contributed by atoms with van der Waals surface area (Å²) in [6.07, 6.45) is 1.52. The summed E-state index contributed by atoms with van der Waals surface area (Å²) in [5, 5.41) is 18.6. The van der Waals surface area contributed by atoms with Crippen molar-refractivity contribution < 1.29 is 15.0 Å². The third-order valence-electron chi connectivity index (χ3n) is 2.63. The number of carboxylic acid groups (broad SMARTS) is 1. The van der Waals surface area contributed by atoms with Gasteiger partial charge in [0.25, 0.3) is 0 Å². The summed E-state index contributed by atoms with van der Waals surface area (Å²) < 4.78 is 0. The van der Waals surface area contributed by atoms with Gasteiger partial charge in [-0.1, -0.05) is 17.7 Å². The first-order valence-electron chi connectivity index (χ1n) is 5.73. The van der Waals surface area contributed by atoms with Gasteiger partial charge >= 0.3 is 5.97 Å². The first kappa shape index (κ1) is 12.8. The normalized spacial score (nSPS) is 10.8. The van der Waals surface area contributed by atoms with Gasteiger partial charge in [0.1, 0.15) is 5.75 Å². The number of aromatic hydroxyl groups is 1. The van der Waals surface area contributed by atoms with Crippen LogP contribution in [0.1, 0.15) is 21.5 Å². The van der Waals surface area contributed by atoms with Crippen molar-refractivity contribution in [1.29, 1.82) is 0 Å². The molecule has 0 aliphatic carbocycles. The number of benzene rings is 2. The summed E-state index contributed by atoms with van der Waals surface area (Å²) in [5.41, 5.74) is 2.32. The van der Waals surface area contributed by atoms with E-state index in [0.717, 1.165) is 5.56 Å². The van der Waals surface area contributed by atoms with Crippen LogP contribution in [-0.2, 0) is 0 Å². The van der Waals surface area contributed by atoms with Gasteiger partial charge in [-0.15, -0.1) is 0 Å². The molecule has 0 aliphatic rings. The highest BCUT2D eigenvalue weighted by Crippen LogP contribution is 2.19. The Labute approximate surface area is 110 Å². The van der Waals surface area contributed by atoms with Gasteiger partial charge in [-0.3, -0.25) is 4.99 Å². The number of hydrogen-bond donors (Lipinski definition) is 2. The molecular formula is C15H13NO3. The second-order valence-electron chi connectivity index (χ2n) is 4.18. The molecule has 2 rings (SSSR count). The molecule has 4 nitrogen and oxygen atoms in total. The van der Waals surface area contributed by atoms with Gasteiger partial charge in [-0.05, 0) is 37.3 Å². The van der Waals surface area contributed by atoms with E-state index in [2.05, 4.69) is 4.99 Å². The quantitative estimate of drug-likeness (QED) is 0.828. The molecule has 0 radical (unpaired) electrons. The molecule has 96 valence electrons. The van der Waals surface area contributed by atoms with Crippen molar-refractivity contribution in [3.05, 3.63) is 59.2 Å². The van der Waals surface area contributed by atoms with Crippen LogP contribution in [0.2, 0.25) is 0 Å². The molecule has 0 saturated carbocycles. The number of phenols is 1. The average molecular weight is 255 g/mol. The maximum Gasteiger partial charge on any atom is 0.335 e. The minimum atomic E-state index is -0.990. The Morgan fingerprint density at radius 2 is 2.00 bits per heavy atom. The van der Waals surface area contributed by atoms with E-state index in [0.29, 0.717) is 11.3 Å². The monoisotopic (exact) mass is 255 g/mol. The number of hydrogen-bond acceptors (Lipinski definition) is 3. The fourth-order valence-corrected chi connectivity index (χ4v) is 1.64. The highest BCUT2D eigenvalue weighted by molar-refractivity contribution is 5.90. The predicted molar refractivity (Wildman–Crippen MR) is 73.5 cm³/mol. The van der Waals surface area contributed by atoms with Crippen LogP contribution in [0.25, 0.3) is 0 Å². The van der Waals surface area contributed by atoms with E-state index >= 15 is 0 Å². The van der Waals surface area contributed by atoms with Gasteiger partial charge in [0.05, 0.1) is 11.3 Å². The van der Waals surface area contributed by atoms with Crippen molar-refractivity contribution >= 4 is 17.9 Å². The predicted octanol–water partition coefficient (Wildman–Crippen LogP) is 3.15. The smallest absolute Gasteiger partial charge is 0.335 e. The number of aromatic carboxylic acids is 1. The summed E-state index contributed by atoms with van der Waals surface area (Å²) in [6, 6.07) is 11.5. The third-order valence-corrected chi connectivity index (χ3v) is 2.63. The lowest BCUT2D eigenvalue weighted by Gasteiger charge is -2.00. The lowest BCUT2D eigenvalue weighted by Crippen LogP contribution is -1.94. The standard InChI is InChI=1S/C15H13NO3/c1-10-5-6-14(17)12(7-10)9-16-13-4-2-3-11(8-13)15(18)19/h2-9,17H,1H3,(H,18,19). The number of carbonyl (C=O) groups is 1. The van der Waals surface area contributed by atoms with Crippen LogP contribution in [0.3, 0.4) is 0 Å². The van der Waals surface area contributed by atoms with Crippen molar-refractivity contribution in [2.75, 3.05) is 0 Å². The van der Waals surface area contributed by atoms with Gasteiger partial charge < -0.3 is 10.2 Å². The van der Waals surface area contributed by atoms with E-state index in [-0.39, 0.29) is 11.3 Å². The summed E-state index contributed by atoms with van der Waals surface area (Å²) in [7, 11) is 0. The Morgan fingerprint density at radius 1 is 1.21 bits per heavy atom. The first-order chi connectivity index (χ1) is 9.06. The fraction of sp³-hybridized carbons (Fsp3) is 0.0667. The molecule has 0 atom stereocenters. The van der Waals surface area contributed by atoms with Gasteiger partial charge in [-0.2, -0.15) is 0 Å². The van der Waals surface area contributed by atoms with Crippen molar-refractivity contribution in [1.82, 2.24) is 0 Å². The molecule has 0 amide bonds. The van der Waals surface area contributed by atoms with E-state index < -0.39 is 5.97 Å². The van der Waals surface area contributed by atoms with E-state index in [9.17, 15) is 9.90 Å². The topological polar surface area (TPSA) is 69.9 Å². The van der Waals surface area contributed by atoms with Crippen LogP contribution in [0, 0.1) is 6.92 Å². The van der Waals surface area contributed by atoms with Crippen LogP contribution >= 0.6 is 0 Å². The Hall–Kier alpha value is -2.62. The lowest BCUT2D eigenvalue weighted by molar-refractivity contribution is 0.0697.